The quantitative estimate of drug-likeness (QED) is 0.782. The maximum atomic E-state index is 12.6. The Morgan fingerprint density at radius 2 is 2.12 bits per heavy atom. The van der Waals surface area contributed by atoms with Gasteiger partial charge in [-0.2, -0.15) is 0 Å². The van der Waals surface area contributed by atoms with Crippen molar-refractivity contribution in [3.05, 3.63) is 22.7 Å². The monoisotopic (exact) mass is 349 g/mol. The predicted molar refractivity (Wildman–Crippen MR) is 87.4 cm³/mol. The number of methoxy groups -OCH3 is 1. The van der Waals surface area contributed by atoms with Crippen LogP contribution in [0.1, 0.15) is 35.1 Å². The van der Waals surface area contributed by atoms with Gasteiger partial charge in [0.05, 0.1) is 19.3 Å². The van der Waals surface area contributed by atoms with Gasteiger partial charge >= 0.3 is 0 Å². The molecule has 1 fully saturated rings. The van der Waals surface area contributed by atoms with E-state index in [2.05, 4.69) is 26.7 Å². The van der Waals surface area contributed by atoms with Crippen LogP contribution in [0.4, 0.5) is 0 Å². The number of nitrogens with zero attached hydrogens (tertiary/aromatic N) is 5. The largest absolute Gasteiger partial charge is 0.480 e. The molecule has 2 aromatic rings. The standard InChI is InChI=1S/C15H19N5O3S/c1-3-4-11-14(24-19-16-11)15(21)20-8-7-10(9-20)23-13-6-5-12(22-2)17-18-13/h5-6,10H,3-4,7-9H2,1-2H3/t10-/m0/s1. The van der Waals surface area contributed by atoms with Crippen molar-refractivity contribution < 1.29 is 14.3 Å². The van der Waals surface area contributed by atoms with Crippen molar-refractivity contribution in [2.75, 3.05) is 20.2 Å². The molecule has 0 saturated carbocycles. The molecular formula is C15H19N5O3S. The van der Waals surface area contributed by atoms with E-state index in [-0.39, 0.29) is 12.0 Å². The van der Waals surface area contributed by atoms with E-state index >= 15 is 0 Å². The third kappa shape index (κ3) is 3.61. The number of rotatable bonds is 6. The van der Waals surface area contributed by atoms with Crippen molar-refractivity contribution >= 4 is 17.4 Å². The minimum atomic E-state index is -0.0906. The highest BCUT2D eigenvalue weighted by Crippen LogP contribution is 2.21. The molecule has 9 heteroatoms. The van der Waals surface area contributed by atoms with Gasteiger partial charge in [-0.05, 0) is 18.0 Å². The first-order valence-corrected chi connectivity index (χ1v) is 8.63. The van der Waals surface area contributed by atoms with Crippen LogP contribution in [0.15, 0.2) is 12.1 Å². The van der Waals surface area contributed by atoms with Gasteiger partial charge in [0.25, 0.3) is 5.91 Å². The normalized spacial score (nSPS) is 17.1. The Morgan fingerprint density at radius 3 is 2.83 bits per heavy atom. The number of hydrogen-bond acceptors (Lipinski definition) is 8. The van der Waals surface area contributed by atoms with Crippen molar-refractivity contribution in [3.8, 4) is 11.8 Å². The summed E-state index contributed by atoms with van der Waals surface area (Å²) in [7, 11) is 1.53. The number of aryl methyl sites for hydroxylation is 1. The van der Waals surface area contributed by atoms with E-state index in [1.807, 2.05) is 0 Å². The summed E-state index contributed by atoms with van der Waals surface area (Å²) >= 11 is 1.16. The highest BCUT2D eigenvalue weighted by Gasteiger charge is 2.31. The fraction of sp³-hybridized carbons (Fsp3) is 0.533. The topological polar surface area (TPSA) is 90.3 Å². The summed E-state index contributed by atoms with van der Waals surface area (Å²) in [4.78, 5) is 15.1. The summed E-state index contributed by atoms with van der Waals surface area (Å²) in [5, 5.41) is 11.9. The summed E-state index contributed by atoms with van der Waals surface area (Å²) in [6.45, 7) is 3.23. The average Bonchev–Trinajstić information content (AvgIpc) is 3.25. The molecule has 1 aliphatic heterocycles. The van der Waals surface area contributed by atoms with Gasteiger partial charge in [-0.3, -0.25) is 4.79 Å². The Bertz CT molecular complexity index is 691. The molecule has 0 aliphatic carbocycles. The van der Waals surface area contributed by atoms with Gasteiger partial charge in [0.15, 0.2) is 0 Å². The highest BCUT2D eigenvalue weighted by molar-refractivity contribution is 7.08. The minimum absolute atomic E-state index is 0.0136. The van der Waals surface area contributed by atoms with Gasteiger partial charge in [-0.1, -0.05) is 17.8 Å². The van der Waals surface area contributed by atoms with E-state index in [0.29, 0.717) is 29.7 Å². The minimum Gasteiger partial charge on any atom is -0.480 e. The van der Waals surface area contributed by atoms with Crippen LogP contribution in [0.25, 0.3) is 0 Å². The molecule has 3 heterocycles. The summed E-state index contributed by atoms with van der Waals surface area (Å²) in [6.07, 6.45) is 2.38. The van der Waals surface area contributed by atoms with Crippen LogP contribution < -0.4 is 9.47 Å². The Hall–Kier alpha value is -2.29. The first kappa shape index (κ1) is 16.6. The maximum absolute atomic E-state index is 12.6. The second kappa shape index (κ2) is 7.52. The van der Waals surface area contributed by atoms with Crippen LogP contribution in [-0.4, -0.2) is 56.9 Å². The molecule has 3 rings (SSSR count). The Kier molecular flexibility index (Phi) is 5.19. The predicted octanol–water partition coefficient (Wildman–Crippen LogP) is 1.58. The molecule has 1 saturated heterocycles. The van der Waals surface area contributed by atoms with Gasteiger partial charge < -0.3 is 14.4 Å². The van der Waals surface area contributed by atoms with E-state index in [9.17, 15) is 4.79 Å². The Balaban J connectivity index is 1.60. The number of ether oxygens (including phenoxy) is 2. The van der Waals surface area contributed by atoms with Crippen LogP contribution in [0, 0.1) is 0 Å². The number of amides is 1. The number of carbonyl (C=O) groups is 1. The van der Waals surface area contributed by atoms with E-state index in [4.69, 9.17) is 9.47 Å². The lowest BCUT2D eigenvalue weighted by molar-refractivity contribution is 0.0774. The van der Waals surface area contributed by atoms with Crippen LogP contribution >= 0.6 is 11.5 Å². The SMILES string of the molecule is CCCc1nnsc1C(=O)N1CC[C@H](Oc2ccc(OC)nn2)C1. The maximum Gasteiger partial charge on any atom is 0.267 e. The lowest BCUT2D eigenvalue weighted by Gasteiger charge is -2.16. The number of aromatic nitrogens is 4. The molecule has 1 aliphatic rings. The zero-order valence-corrected chi connectivity index (χ0v) is 14.5. The number of carbonyl (C=O) groups excluding carboxylic acids is 1. The van der Waals surface area contributed by atoms with Crippen molar-refractivity contribution in [2.24, 2.45) is 0 Å². The van der Waals surface area contributed by atoms with Crippen LogP contribution in [0.3, 0.4) is 0 Å². The number of likely N-dealkylation sites (tertiary alicyclic amines) is 1. The van der Waals surface area contributed by atoms with Gasteiger partial charge in [0.1, 0.15) is 11.0 Å². The molecule has 0 unspecified atom stereocenters. The Morgan fingerprint density at radius 1 is 1.33 bits per heavy atom. The first-order valence-electron chi connectivity index (χ1n) is 7.86. The van der Waals surface area contributed by atoms with Crippen LogP contribution in [-0.2, 0) is 6.42 Å². The summed E-state index contributed by atoms with van der Waals surface area (Å²) in [6, 6.07) is 3.41. The van der Waals surface area contributed by atoms with Crippen LogP contribution in [0.2, 0.25) is 0 Å². The van der Waals surface area contributed by atoms with Crippen molar-refractivity contribution in [2.45, 2.75) is 32.3 Å². The van der Waals surface area contributed by atoms with Gasteiger partial charge in [0.2, 0.25) is 11.8 Å². The van der Waals surface area contributed by atoms with E-state index in [0.717, 1.165) is 36.5 Å². The van der Waals surface area contributed by atoms with Crippen molar-refractivity contribution in [1.82, 2.24) is 24.7 Å². The molecule has 0 N–H and O–H groups in total. The highest BCUT2D eigenvalue weighted by atomic mass is 32.1. The summed E-state index contributed by atoms with van der Waals surface area (Å²) in [5.41, 5.74) is 0.790. The third-order valence-electron chi connectivity index (χ3n) is 3.78. The van der Waals surface area contributed by atoms with Crippen LogP contribution in [0.5, 0.6) is 11.8 Å². The molecule has 1 atom stereocenters. The molecule has 8 nitrogen and oxygen atoms in total. The van der Waals surface area contributed by atoms with E-state index < -0.39 is 0 Å². The molecule has 2 aromatic heterocycles. The smallest absolute Gasteiger partial charge is 0.267 e. The Labute approximate surface area is 144 Å². The lowest BCUT2D eigenvalue weighted by atomic mass is 10.2. The van der Waals surface area contributed by atoms with Crippen molar-refractivity contribution in [1.29, 1.82) is 0 Å². The summed E-state index contributed by atoms with van der Waals surface area (Å²) in [5.74, 6) is 0.855. The van der Waals surface area contributed by atoms with Crippen molar-refractivity contribution in [3.63, 3.8) is 0 Å². The molecular weight excluding hydrogens is 330 g/mol. The fourth-order valence-electron chi connectivity index (χ4n) is 2.57. The second-order valence-corrected chi connectivity index (χ2v) is 6.25. The van der Waals surface area contributed by atoms with E-state index in [1.165, 1.54) is 7.11 Å². The number of hydrogen-bond donors (Lipinski definition) is 0. The fourth-order valence-corrected chi connectivity index (χ4v) is 3.25. The molecule has 0 radical (unpaired) electrons. The lowest BCUT2D eigenvalue weighted by Crippen LogP contribution is -2.31. The summed E-state index contributed by atoms with van der Waals surface area (Å²) < 4.78 is 14.7. The molecule has 128 valence electrons. The zero-order valence-electron chi connectivity index (χ0n) is 13.6. The third-order valence-corrected chi connectivity index (χ3v) is 4.54. The molecule has 0 aromatic carbocycles. The van der Waals surface area contributed by atoms with Gasteiger partial charge in [-0.15, -0.1) is 15.3 Å². The van der Waals surface area contributed by atoms with Gasteiger partial charge in [-0.25, -0.2) is 0 Å². The van der Waals surface area contributed by atoms with E-state index in [1.54, 1.807) is 17.0 Å². The molecule has 24 heavy (non-hydrogen) atoms. The zero-order chi connectivity index (χ0) is 16.9. The molecule has 0 bridgehead atoms. The molecule has 1 amide bonds. The average molecular weight is 349 g/mol. The second-order valence-electron chi connectivity index (χ2n) is 5.49. The van der Waals surface area contributed by atoms with Gasteiger partial charge in [0, 0.05) is 25.1 Å². The molecule has 0 spiro atoms. The first-order chi connectivity index (χ1) is 11.7.